The average molecular weight is 210 g/mol. The lowest BCUT2D eigenvalue weighted by molar-refractivity contribution is -0.141. The van der Waals surface area contributed by atoms with E-state index < -0.39 is 0 Å². The van der Waals surface area contributed by atoms with Gasteiger partial charge in [-0.15, -0.1) is 0 Å². The first kappa shape index (κ1) is 11.4. The molecule has 0 unspecified atom stereocenters. The molecule has 0 spiro atoms. The van der Waals surface area contributed by atoms with E-state index in [9.17, 15) is 9.59 Å². The summed E-state index contributed by atoms with van der Waals surface area (Å²) < 4.78 is 6.10. The fourth-order valence-electron chi connectivity index (χ4n) is 1.21. The van der Waals surface area contributed by atoms with Crippen LogP contribution in [0.15, 0.2) is 12.3 Å². The van der Waals surface area contributed by atoms with E-state index in [0.29, 0.717) is 6.42 Å². The minimum atomic E-state index is -0.353. The van der Waals surface area contributed by atoms with Crippen molar-refractivity contribution in [3.05, 3.63) is 18.0 Å². The normalized spacial score (nSPS) is 10.0. The van der Waals surface area contributed by atoms with Crippen LogP contribution < -0.4 is 0 Å². The molecule has 0 saturated carbocycles. The van der Waals surface area contributed by atoms with Gasteiger partial charge in [-0.2, -0.15) is 5.10 Å². The molecular formula is C10H14N2O3. The molecule has 1 heterocycles. The summed E-state index contributed by atoms with van der Waals surface area (Å²) in [6, 6.07) is 1.79. The average Bonchev–Trinajstić information content (AvgIpc) is 2.61. The molecule has 0 N–H and O–H groups in total. The van der Waals surface area contributed by atoms with Crippen molar-refractivity contribution in [3.8, 4) is 0 Å². The molecule has 0 atom stereocenters. The van der Waals surface area contributed by atoms with Crippen molar-refractivity contribution >= 4 is 11.8 Å². The first-order valence-electron chi connectivity index (χ1n) is 4.69. The van der Waals surface area contributed by atoms with Crippen molar-refractivity contribution in [1.29, 1.82) is 0 Å². The molecule has 5 heteroatoms. The summed E-state index contributed by atoms with van der Waals surface area (Å²) in [4.78, 5) is 22.2. The minimum absolute atomic E-state index is 0.0176. The first-order chi connectivity index (χ1) is 7.13. The summed E-state index contributed by atoms with van der Waals surface area (Å²) in [5.74, 6) is -0.336. The van der Waals surface area contributed by atoms with Crippen LogP contribution in [-0.2, 0) is 27.8 Å². The standard InChI is InChI=1S/C10H14N2O3/c1-12-8(5-6-11-12)7-9(13)3-4-10(14)15-2/h5-6H,3-4,7H2,1-2H3. The molecule has 5 nitrogen and oxygen atoms in total. The number of aryl methyl sites for hydroxylation is 1. The van der Waals surface area contributed by atoms with E-state index in [-0.39, 0.29) is 24.6 Å². The lowest BCUT2D eigenvalue weighted by Crippen LogP contribution is -2.10. The summed E-state index contributed by atoms with van der Waals surface area (Å²) >= 11 is 0. The Kier molecular flexibility index (Phi) is 4.03. The van der Waals surface area contributed by atoms with Gasteiger partial charge in [0.2, 0.25) is 0 Å². The van der Waals surface area contributed by atoms with E-state index in [0.717, 1.165) is 5.69 Å². The molecule has 1 aromatic rings. The summed E-state index contributed by atoms with van der Waals surface area (Å²) in [5, 5.41) is 3.95. The molecule has 1 rings (SSSR count). The monoisotopic (exact) mass is 210 g/mol. The SMILES string of the molecule is COC(=O)CCC(=O)Cc1ccnn1C. The number of aromatic nitrogens is 2. The molecule has 0 aromatic carbocycles. The van der Waals surface area contributed by atoms with Gasteiger partial charge in [-0.25, -0.2) is 0 Å². The number of rotatable bonds is 5. The Balaban J connectivity index is 2.37. The van der Waals surface area contributed by atoms with Crippen LogP contribution in [0.2, 0.25) is 0 Å². The zero-order chi connectivity index (χ0) is 11.3. The van der Waals surface area contributed by atoms with Gasteiger partial charge in [0.1, 0.15) is 5.78 Å². The molecular weight excluding hydrogens is 196 g/mol. The van der Waals surface area contributed by atoms with Crippen LogP contribution >= 0.6 is 0 Å². The van der Waals surface area contributed by atoms with Crippen LogP contribution in [-0.4, -0.2) is 28.6 Å². The molecule has 0 saturated heterocycles. The Labute approximate surface area is 88.0 Å². The topological polar surface area (TPSA) is 61.2 Å². The molecule has 0 aliphatic rings. The predicted molar refractivity (Wildman–Crippen MR) is 53.2 cm³/mol. The summed E-state index contributed by atoms with van der Waals surface area (Å²) in [5.41, 5.74) is 0.852. The fraction of sp³-hybridized carbons (Fsp3) is 0.500. The quantitative estimate of drug-likeness (QED) is 0.663. The van der Waals surface area contributed by atoms with Crippen LogP contribution in [0.1, 0.15) is 18.5 Å². The maximum Gasteiger partial charge on any atom is 0.305 e. The molecule has 0 aliphatic heterocycles. The van der Waals surface area contributed by atoms with Crippen molar-refractivity contribution in [1.82, 2.24) is 9.78 Å². The van der Waals surface area contributed by atoms with Gasteiger partial charge in [0.25, 0.3) is 0 Å². The van der Waals surface area contributed by atoms with Crippen molar-refractivity contribution in [3.63, 3.8) is 0 Å². The Morgan fingerprint density at radius 2 is 2.20 bits per heavy atom. The van der Waals surface area contributed by atoms with Gasteiger partial charge in [-0.3, -0.25) is 14.3 Å². The van der Waals surface area contributed by atoms with E-state index in [1.165, 1.54) is 7.11 Å². The highest BCUT2D eigenvalue weighted by molar-refractivity contribution is 5.84. The van der Waals surface area contributed by atoms with Gasteiger partial charge in [-0.05, 0) is 6.07 Å². The molecule has 0 bridgehead atoms. The number of methoxy groups -OCH3 is 1. The second kappa shape index (κ2) is 5.29. The van der Waals surface area contributed by atoms with Gasteiger partial charge < -0.3 is 4.74 Å². The van der Waals surface area contributed by atoms with Crippen molar-refractivity contribution in [2.75, 3.05) is 7.11 Å². The zero-order valence-electron chi connectivity index (χ0n) is 8.90. The Hall–Kier alpha value is -1.65. The van der Waals surface area contributed by atoms with E-state index >= 15 is 0 Å². The third-order valence-electron chi connectivity index (χ3n) is 2.14. The lowest BCUT2D eigenvalue weighted by Gasteiger charge is -2.01. The zero-order valence-corrected chi connectivity index (χ0v) is 8.90. The number of carbonyl (C=O) groups excluding carboxylic acids is 2. The number of esters is 1. The van der Waals surface area contributed by atoms with Crippen LogP contribution in [0.4, 0.5) is 0 Å². The first-order valence-corrected chi connectivity index (χ1v) is 4.69. The van der Waals surface area contributed by atoms with Gasteiger partial charge in [0.15, 0.2) is 0 Å². The molecule has 0 radical (unpaired) electrons. The summed E-state index contributed by atoms with van der Waals surface area (Å²) in [6.07, 6.45) is 2.32. The van der Waals surface area contributed by atoms with Crippen LogP contribution in [0, 0.1) is 0 Å². The van der Waals surface area contributed by atoms with E-state index in [4.69, 9.17) is 0 Å². The Bertz CT molecular complexity index is 357. The highest BCUT2D eigenvalue weighted by Crippen LogP contribution is 2.02. The fourth-order valence-corrected chi connectivity index (χ4v) is 1.21. The molecule has 0 aliphatic carbocycles. The van der Waals surface area contributed by atoms with Gasteiger partial charge >= 0.3 is 5.97 Å². The van der Waals surface area contributed by atoms with Crippen LogP contribution in [0.25, 0.3) is 0 Å². The highest BCUT2D eigenvalue weighted by Gasteiger charge is 2.09. The second-order valence-corrected chi connectivity index (χ2v) is 3.24. The number of hydrogen-bond donors (Lipinski definition) is 0. The van der Waals surface area contributed by atoms with Gasteiger partial charge in [0, 0.05) is 31.8 Å². The van der Waals surface area contributed by atoms with Gasteiger partial charge in [0.05, 0.1) is 13.5 Å². The third-order valence-corrected chi connectivity index (χ3v) is 2.14. The minimum Gasteiger partial charge on any atom is -0.469 e. The van der Waals surface area contributed by atoms with Crippen molar-refractivity contribution < 1.29 is 14.3 Å². The molecule has 1 aromatic heterocycles. The number of carbonyl (C=O) groups is 2. The molecule has 0 fully saturated rings. The van der Waals surface area contributed by atoms with Crippen molar-refractivity contribution in [2.45, 2.75) is 19.3 Å². The number of nitrogens with zero attached hydrogens (tertiary/aromatic N) is 2. The summed E-state index contributed by atoms with van der Waals surface area (Å²) in [7, 11) is 3.09. The molecule has 82 valence electrons. The number of hydrogen-bond acceptors (Lipinski definition) is 4. The van der Waals surface area contributed by atoms with E-state index in [1.807, 2.05) is 0 Å². The maximum atomic E-state index is 11.4. The Morgan fingerprint density at radius 1 is 1.47 bits per heavy atom. The molecule has 0 amide bonds. The highest BCUT2D eigenvalue weighted by atomic mass is 16.5. The van der Waals surface area contributed by atoms with Gasteiger partial charge in [-0.1, -0.05) is 0 Å². The number of ether oxygens (including phenoxy) is 1. The smallest absolute Gasteiger partial charge is 0.305 e. The third kappa shape index (κ3) is 3.53. The summed E-state index contributed by atoms with van der Waals surface area (Å²) in [6.45, 7) is 0. The lowest BCUT2D eigenvalue weighted by atomic mass is 10.1. The van der Waals surface area contributed by atoms with E-state index in [1.54, 1.807) is 24.0 Å². The molecule has 15 heavy (non-hydrogen) atoms. The predicted octanol–water partition coefficient (Wildman–Crippen LogP) is 0.485. The van der Waals surface area contributed by atoms with Crippen LogP contribution in [0.3, 0.4) is 0 Å². The largest absolute Gasteiger partial charge is 0.469 e. The maximum absolute atomic E-state index is 11.4. The second-order valence-electron chi connectivity index (χ2n) is 3.24. The Morgan fingerprint density at radius 3 is 2.73 bits per heavy atom. The van der Waals surface area contributed by atoms with Crippen molar-refractivity contribution in [2.24, 2.45) is 7.05 Å². The van der Waals surface area contributed by atoms with Crippen LogP contribution in [0.5, 0.6) is 0 Å². The number of ketones is 1. The van der Waals surface area contributed by atoms with E-state index in [2.05, 4.69) is 9.84 Å². The number of Topliss-reactive ketones (excluding diaryl/α,β-unsaturated/α-hetero) is 1.